The Hall–Kier alpha value is -2.02. The second kappa shape index (κ2) is 4.47. The van der Waals surface area contributed by atoms with Crippen LogP contribution in [0.3, 0.4) is 0 Å². The van der Waals surface area contributed by atoms with Gasteiger partial charge in [-0.05, 0) is 0 Å². The van der Waals surface area contributed by atoms with Gasteiger partial charge in [-0.25, -0.2) is 0 Å². The summed E-state index contributed by atoms with van der Waals surface area (Å²) < 4.78 is 0. The molecule has 1 aromatic rings. The number of para-hydroxylation sites is 1. The zero-order valence-corrected chi connectivity index (χ0v) is 7.57. The van der Waals surface area contributed by atoms with Crippen LogP contribution in [0.25, 0.3) is 0 Å². The number of benzene rings is 1. The van der Waals surface area contributed by atoms with E-state index < -0.39 is 16.1 Å². The van der Waals surface area contributed by atoms with Crippen molar-refractivity contribution in [1.82, 2.24) is 0 Å². The first-order chi connectivity index (χ1) is 7.02. The lowest BCUT2D eigenvalue weighted by Gasteiger charge is -2.03. The Morgan fingerprint density at radius 3 is 2.40 bits per heavy atom. The summed E-state index contributed by atoms with van der Waals surface area (Å²) in [6.07, 6.45) is -2.18. The van der Waals surface area contributed by atoms with Crippen molar-refractivity contribution in [1.29, 1.82) is 0 Å². The third kappa shape index (κ3) is 2.71. The molecule has 0 amide bonds. The number of hydrogen-bond donors (Lipinski definition) is 1. The van der Waals surface area contributed by atoms with Gasteiger partial charge in [-0.1, -0.05) is 18.2 Å². The monoisotopic (exact) mass is 212 g/mol. The maximum absolute atomic E-state index is 10.5. The molecule has 7 nitrogen and oxygen atoms in total. The van der Waals surface area contributed by atoms with Crippen molar-refractivity contribution in [3.05, 3.63) is 50.1 Å². The van der Waals surface area contributed by atoms with E-state index in [1.807, 2.05) is 0 Å². The van der Waals surface area contributed by atoms with Crippen molar-refractivity contribution < 1.29 is 15.0 Å². The van der Waals surface area contributed by atoms with E-state index in [1.165, 1.54) is 24.3 Å². The number of nitrogens with zero attached hydrogens (tertiary/aromatic N) is 2. The molecule has 1 rings (SSSR count). The van der Waals surface area contributed by atoms with E-state index in [4.69, 9.17) is 5.11 Å². The summed E-state index contributed by atoms with van der Waals surface area (Å²) >= 11 is 0. The van der Waals surface area contributed by atoms with Gasteiger partial charge in [-0.3, -0.25) is 20.2 Å². The number of nitro groups is 2. The van der Waals surface area contributed by atoms with Crippen LogP contribution in [0, 0.1) is 20.2 Å². The highest BCUT2D eigenvalue weighted by molar-refractivity contribution is 5.39. The lowest BCUT2D eigenvalue weighted by Crippen LogP contribution is -2.21. The maximum atomic E-state index is 10.5. The molecule has 1 unspecified atom stereocenters. The van der Waals surface area contributed by atoms with Gasteiger partial charge >= 0.3 is 6.23 Å². The van der Waals surface area contributed by atoms with Crippen LogP contribution in [0.5, 0.6) is 0 Å². The van der Waals surface area contributed by atoms with Gasteiger partial charge < -0.3 is 5.11 Å². The van der Waals surface area contributed by atoms with E-state index in [9.17, 15) is 20.2 Å². The van der Waals surface area contributed by atoms with Gasteiger partial charge in [0.2, 0.25) is 0 Å². The number of hydrogen-bond acceptors (Lipinski definition) is 5. The van der Waals surface area contributed by atoms with Gasteiger partial charge in [0.05, 0.1) is 16.3 Å². The summed E-state index contributed by atoms with van der Waals surface area (Å²) in [5.41, 5.74) is -0.0786. The molecule has 80 valence electrons. The predicted octanol–water partition coefficient (Wildman–Crippen LogP) is 0.732. The van der Waals surface area contributed by atoms with Crippen molar-refractivity contribution >= 4 is 5.69 Å². The Kier molecular flexibility index (Phi) is 3.29. The molecule has 0 aliphatic carbocycles. The molecule has 0 spiro atoms. The molecular weight excluding hydrogens is 204 g/mol. The Labute approximate surface area is 84.3 Å². The van der Waals surface area contributed by atoms with Gasteiger partial charge in [-0.2, -0.15) is 0 Å². The van der Waals surface area contributed by atoms with E-state index in [0.29, 0.717) is 0 Å². The van der Waals surface area contributed by atoms with E-state index in [2.05, 4.69) is 0 Å². The van der Waals surface area contributed by atoms with Crippen molar-refractivity contribution in [2.75, 3.05) is 0 Å². The SMILES string of the molecule is O=[N+]([O-])c1ccccc1CC(O)[N+](=O)[O-]. The molecule has 0 aromatic heterocycles. The Morgan fingerprint density at radius 2 is 1.87 bits per heavy atom. The first kappa shape index (κ1) is 11.1. The van der Waals surface area contributed by atoms with Gasteiger partial charge in [0.15, 0.2) is 0 Å². The normalized spacial score (nSPS) is 12.1. The summed E-state index contributed by atoms with van der Waals surface area (Å²) in [6.45, 7) is 0. The first-order valence-corrected chi connectivity index (χ1v) is 4.06. The van der Waals surface area contributed by atoms with Crippen LogP contribution in [0.15, 0.2) is 24.3 Å². The van der Waals surface area contributed by atoms with E-state index in [1.54, 1.807) is 0 Å². The molecule has 0 saturated carbocycles. The Bertz CT molecular complexity index is 392. The van der Waals surface area contributed by atoms with Crippen LogP contribution < -0.4 is 0 Å². The zero-order valence-electron chi connectivity index (χ0n) is 7.57. The van der Waals surface area contributed by atoms with Crippen LogP contribution >= 0.6 is 0 Å². The molecule has 1 aromatic carbocycles. The third-order valence-corrected chi connectivity index (χ3v) is 1.83. The predicted molar refractivity (Wildman–Crippen MR) is 49.8 cm³/mol. The Balaban J connectivity index is 2.94. The molecule has 0 bridgehead atoms. The molecule has 0 saturated heterocycles. The molecule has 1 atom stereocenters. The lowest BCUT2D eigenvalue weighted by atomic mass is 10.1. The van der Waals surface area contributed by atoms with E-state index in [0.717, 1.165) is 0 Å². The molecule has 0 aliphatic heterocycles. The standard InChI is InChI=1S/C8H8N2O5/c11-8(10(14)15)5-6-3-1-2-4-7(6)9(12)13/h1-4,8,11H,5H2. The minimum atomic E-state index is -1.81. The fraction of sp³-hybridized carbons (Fsp3) is 0.250. The van der Waals surface area contributed by atoms with Gasteiger partial charge in [0, 0.05) is 11.6 Å². The molecule has 7 heteroatoms. The quantitative estimate of drug-likeness (QED) is 0.449. The second-order valence-corrected chi connectivity index (χ2v) is 2.86. The number of nitro benzene ring substituents is 1. The third-order valence-electron chi connectivity index (χ3n) is 1.83. The van der Waals surface area contributed by atoms with Crippen molar-refractivity contribution in [3.8, 4) is 0 Å². The van der Waals surface area contributed by atoms with Crippen LogP contribution in [0.1, 0.15) is 5.56 Å². The minimum Gasteiger partial charge on any atom is -0.333 e. The fourth-order valence-corrected chi connectivity index (χ4v) is 1.13. The molecule has 0 fully saturated rings. The smallest absolute Gasteiger partial charge is 0.317 e. The maximum Gasteiger partial charge on any atom is 0.317 e. The topological polar surface area (TPSA) is 107 Å². The summed E-state index contributed by atoms with van der Waals surface area (Å²) in [5.74, 6) is 0. The fourth-order valence-electron chi connectivity index (χ4n) is 1.13. The first-order valence-electron chi connectivity index (χ1n) is 4.06. The highest BCUT2D eigenvalue weighted by Crippen LogP contribution is 2.19. The summed E-state index contributed by atoms with van der Waals surface area (Å²) in [7, 11) is 0. The molecule has 0 heterocycles. The van der Waals surface area contributed by atoms with Gasteiger partial charge in [-0.15, -0.1) is 0 Å². The Morgan fingerprint density at radius 1 is 1.27 bits per heavy atom. The molecule has 1 N–H and O–H groups in total. The largest absolute Gasteiger partial charge is 0.333 e. The van der Waals surface area contributed by atoms with Crippen LogP contribution in [0.4, 0.5) is 5.69 Å². The number of rotatable bonds is 4. The molecular formula is C8H8N2O5. The minimum absolute atomic E-state index is 0.145. The lowest BCUT2D eigenvalue weighted by molar-refractivity contribution is -0.569. The molecule has 15 heavy (non-hydrogen) atoms. The van der Waals surface area contributed by atoms with Gasteiger partial charge in [0.25, 0.3) is 5.69 Å². The zero-order chi connectivity index (χ0) is 11.4. The average Bonchev–Trinajstić information content (AvgIpc) is 2.18. The van der Waals surface area contributed by atoms with Crippen LogP contribution in [0.2, 0.25) is 0 Å². The van der Waals surface area contributed by atoms with E-state index in [-0.39, 0.29) is 17.7 Å². The second-order valence-electron chi connectivity index (χ2n) is 2.86. The van der Waals surface area contributed by atoms with Crippen molar-refractivity contribution in [2.24, 2.45) is 0 Å². The van der Waals surface area contributed by atoms with Gasteiger partial charge in [0.1, 0.15) is 0 Å². The van der Waals surface area contributed by atoms with Crippen LogP contribution in [-0.4, -0.2) is 21.2 Å². The van der Waals surface area contributed by atoms with Crippen molar-refractivity contribution in [3.63, 3.8) is 0 Å². The van der Waals surface area contributed by atoms with E-state index >= 15 is 0 Å². The molecule has 0 radical (unpaired) electrons. The average molecular weight is 212 g/mol. The number of aliphatic hydroxyl groups is 1. The summed E-state index contributed by atoms with van der Waals surface area (Å²) in [5, 5.41) is 29.7. The van der Waals surface area contributed by atoms with Crippen LogP contribution in [-0.2, 0) is 6.42 Å². The summed E-state index contributed by atoms with van der Waals surface area (Å²) in [6, 6.07) is 5.60. The highest BCUT2D eigenvalue weighted by Gasteiger charge is 2.21. The number of aliphatic hydroxyl groups excluding tert-OH is 1. The highest BCUT2D eigenvalue weighted by atomic mass is 16.7. The molecule has 0 aliphatic rings. The summed E-state index contributed by atoms with van der Waals surface area (Å²) in [4.78, 5) is 19.2. The van der Waals surface area contributed by atoms with Crippen molar-refractivity contribution in [2.45, 2.75) is 12.6 Å².